The molecule has 0 aliphatic carbocycles. The Kier molecular flexibility index (Phi) is 7.02. The molecule has 0 radical (unpaired) electrons. The van der Waals surface area contributed by atoms with Crippen LogP contribution in [0.2, 0.25) is 10.0 Å². The van der Waals surface area contributed by atoms with E-state index in [0.717, 1.165) is 49.1 Å². The molecule has 5 nitrogen and oxygen atoms in total. The van der Waals surface area contributed by atoms with Crippen LogP contribution in [0.3, 0.4) is 0 Å². The summed E-state index contributed by atoms with van der Waals surface area (Å²) in [7, 11) is 0. The highest BCUT2D eigenvalue weighted by Crippen LogP contribution is 2.26. The van der Waals surface area contributed by atoms with Crippen LogP contribution in [0.1, 0.15) is 11.3 Å². The first-order chi connectivity index (χ1) is 14.5. The first kappa shape index (κ1) is 21.3. The number of rotatable bonds is 6. The topological polar surface area (TPSA) is 54.5 Å². The van der Waals surface area contributed by atoms with Gasteiger partial charge in [-0.3, -0.25) is 9.69 Å². The number of hydrogen-bond donors (Lipinski definition) is 1. The molecule has 4 rings (SSSR count). The highest BCUT2D eigenvalue weighted by atomic mass is 35.5. The molecule has 0 spiro atoms. The predicted octanol–water partition coefficient (Wildman–Crippen LogP) is 5.13. The van der Waals surface area contributed by atoms with Crippen molar-refractivity contribution in [2.45, 2.75) is 13.0 Å². The van der Waals surface area contributed by atoms with E-state index in [0.29, 0.717) is 15.7 Å². The fourth-order valence-corrected chi connectivity index (χ4v) is 4.64. The van der Waals surface area contributed by atoms with Crippen molar-refractivity contribution in [3.8, 4) is 10.6 Å². The summed E-state index contributed by atoms with van der Waals surface area (Å²) in [6.07, 6.45) is 0.190. The molecule has 0 saturated carbocycles. The van der Waals surface area contributed by atoms with Crippen LogP contribution in [-0.2, 0) is 22.5 Å². The minimum Gasteiger partial charge on any atom is -0.379 e. The summed E-state index contributed by atoms with van der Waals surface area (Å²) < 4.78 is 5.40. The highest BCUT2D eigenvalue weighted by molar-refractivity contribution is 7.13. The Bertz CT molecular complexity index is 997. The van der Waals surface area contributed by atoms with Crippen molar-refractivity contribution in [2.75, 3.05) is 31.6 Å². The van der Waals surface area contributed by atoms with Crippen LogP contribution < -0.4 is 5.32 Å². The van der Waals surface area contributed by atoms with Gasteiger partial charge in [0.15, 0.2) is 0 Å². The lowest BCUT2D eigenvalue weighted by molar-refractivity contribution is -0.115. The Morgan fingerprint density at radius 3 is 2.50 bits per heavy atom. The maximum absolute atomic E-state index is 12.3. The summed E-state index contributed by atoms with van der Waals surface area (Å²) in [4.78, 5) is 19.4. The van der Waals surface area contributed by atoms with Gasteiger partial charge in [-0.1, -0.05) is 47.5 Å². The molecule has 2 aromatic carbocycles. The number of ether oxygens (including phenoxy) is 1. The quantitative estimate of drug-likeness (QED) is 0.552. The number of hydrogen-bond acceptors (Lipinski definition) is 5. The Hall–Kier alpha value is -1.96. The van der Waals surface area contributed by atoms with Gasteiger partial charge in [-0.25, -0.2) is 4.98 Å². The van der Waals surface area contributed by atoms with Crippen LogP contribution in [0.25, 0.3) is 10.6 Å². The van der Waals surface area contributed by atoms with E-state index in [1.54, 1.807) is 18.2 Å². The van der Waals surface area contributed by atoms with Crippen molar-refractivity contribution >= 4 is 46.1 Å². The average molecular weight is 462 g/mol. The van der Waals surface area contributed by atoms with Crippen molar-refractivity contribution in [2.24, 2.45) is 0 Å². The smallest absolute Gasteiger partial charge is 0.230 e. The van der Waals surface area contributed by atoms with E-state index in [4.69, 9.17) is 27.9 Å². The highest BCUT2D eigenvalue weighted by Gasteiger charge is 2.12. The maximum Gasteiger partial charge on any atom is 0.230 e. The number of halogens is 2. The number of benzene rings is 2. The van der Waals surface area contributed by atoms with Gasteiger partial charge in [0, 0.05) is 46.3 Å². The Morgan fingerprint density at radius 2 is 1.80 bits per heavy atom. The second-order valence-corrected chi connectivity index (χ2v) is 8.84. The SMILES string of the molecule is O=C(Cc1csc(-c2ccc(CN3CCOCC3)cc2)n1)Nc1cc(Cl)cc(Cl)c1. The second kappa shape index (κ2) is 9.90. The van der Waals surface area contributed by atoms with Gasteiger partial charge in [0.2, 0.25) is 5.91 Å². The largest absolute Gasteiger partial charge is 0.379 e. The van der Waals surface area contributed by atoms with E-state index in [9.17, 15) is 4.79 Å². The Balaban J connectivity index is 1.35. The van der Waals surface area contributed by atoms with E-state index in [2.05, 4.69) is 39.5 Å². The summed E-state index contributed by atoms with van der Waals surface area (Å²) in [5, 5.41) is 6.59. The summed E-state index contributed by atoms with van der Waals surface area (Å²) >= 11 is 13.5. The van der Waals surface area contributed by atoms with Crippen LogP contribution in [0, 0.1) is 0 Å². The number of anilines is 1. The third-order valence-electron chi connectivity index (χ3n) is 4.75. The zero-order valence-electron chi connectivity index (χ0n) is 16.2. The molecule has 1 aliphatic rings. The number of carbonyl (C=O) groups is 1. The van der Waals surface area contributed by atoms with Gasteiger partial charge >= 0.3 is 0 Å². The molecule has 2 heterocycles. The molecule has 8 heteroatoms. The van der Waals surface area contributed by atoms with Crippen molar-refractivity contribution in [3.05, 3.63) is 69.1 Å². The van der Waals surface area contributed by atoms with Crippen LogP contribution in [-0.4, -0.2) is 42.1 Å². The molecule has 1 fully saturated rings. The van der Waals surface area contributed by atoms with Crippen LogP contribution in [0.5, 0.6) is 0 Å². The molecule has 1 amide bonds. The molecule has 1 aliphatic heterocycles. The van der Waals surface area contributed by atoms with Gasteiger partial charge in [-0.05, 0) is 23.8 Å². The summed E-state index contributed by atoms with van der Waals surface area (Å²) in [5.41, 5.74) is 3.64. The van der Waals surface area contributed by atoms with Gasteiger partial charge in [-0.15, -0.1) is 11.3 Å². The fourth-order valence-electron chi connectivity index (χ4n) is 3.29. The molecule has 0 atom stereocenters. The molecule has 1 saturated heterocycles. The van der Waals surface area contributed by atoms with E-state index in [1.165, 1.54) is 16.9 Å². The predicted molar refractivity (Wildman–Crippen MR) is 122 cm³/mol. The number of nitrogens with zero attached hydrogens (tertiary/aromatic N) is 2. The summed E-state index contributed by atoms with van der Waals surface area (Å²) in [6.45, 7) is 4.48. The summed E-state index contributed by atoms with van der Waals surface area (Å²) in [6, 6.07) is 13.4. The lowest BCUT2D eigenvalue weighted by Crippen LogP contribution is -2.35. The molecule has 156 valence electrons. The minimum absolute atomic E-state index is 0.161. The maximum atomic E-state index is 12.3. The van der Waals surface area contributed by atoms with E-state index >= 15 is 0 Å². The van der Waals surface area contributed by atoms with Crippen LogP contribution in [0.15, 0.2) is 47.8 Å². The van der Waals surface area contributed by atoms with Crippen LogP contribution >= 0.6 is 34.5 Å². The molecule has 0 unspecified atom stereocenters. The zero-order valence-corrected chi connectivity index (χ0v) is 18.6. The molecule has 1 aromatic heterocycles. The third kappa shape index (κ3) is 5.80. The van der Waals surface area contributed by atoms with E-state index in [-0.39, 0.29) is 12.3 Å². The third-order valence-corrected chi connectivity index (χ3v) is 6.13. The standard InChI is InChI=1S/C22H21Cl2N3O2S/c23-17-9-18(24)11-19(10-17)25-21(28)12-20-14-30-22(26-20)16-3-1-15(2-4-16)13-27-5-7-29-8-6-27/h1-4,9-11,14H,5-8,12-13H2,(H,25,28). The number of amides is 1. The van der Waals surface area contributed by atoms with E-state index in [1.807, 2.05) is 5.38 Å². The monoisotopic (exact) mass is 461 g/mol. The summed E-state index contributed by atoms with van der Waals surface area (Å²) in [5.74, 6) is -0.161. The van der Waals surface area contributed by atoms with Gasteiger partial charge in [-0.2, -0.15) is 0 Å². The van der Waals surface area contributed by atoms with Crippen LogP contribution in [0.4, 0.5) is 5.69 Å². The zero-order chi connectivity index (χ0) is 20.9. The molecule has 3 aromatic rings. The lowest BCUT2D eigenvalue weighted by Gasteiger charge is -2.26. The Labute approximate surface area is 189 Å². The normalized spacial score (nSPS) is 14.6. The van der Waals surface area contributed by atoms with Gasteiger partial charge < -0.3 is 10.1 Å². The van der Waals surface area contributed by atoms with Gasteiger partial charge in [0.1, 0.15) is 5.01 Å². The van der Waals surface area contributed by atoms with Crippen molar-refractivity contribution in [3.63, 3.8) is 0 Å². The second-order valence-electron chi connectivity index (χ2n) is 7.11. The lowest BCUT2D eigenvalue weighted by atomic mass is 10.1. The number of nitrogens with one attached hydrogen (secondary N) is 1. The molecular formula is C22H21Cl2N3O2S. The fraction of sp³-hybridized carbons (Fsp3) is 0.273. The van der Waals surface area contributed by atoms with Gasteiger partial charge in [0.05, 0.1) is 25.3 Å². The van der Waals surface area contributed by atoms with Crippen molar-refractivity contribution in [1.29, 1.82) is 0 Å². The van der Waals surface area contributed by atoms with Crippen molar-refractivity contribution in [1.82, 2.24) is 9.88 Å². The van der Waals surface area contributed by atoms with Gasteiger partial charge in [0.25, 0.3) is 0 Å². The average Bonchev–Trinajstić information content (AvgIpc) is 3.17. The first-order valence-corrected chi connectivity index (χ1v) is 11.3. The number of aromatic nitrogens is 1. The molecule has 1 N–H and O–H groups in total. The minimum atomic E-state index is -0.161. The molecule has 0 bridgehead atoms. The first-order valence-electron chi connectivity index (χ1n) is 9.65. The number of carbonyl (C=O) groups excluding carboxylic acids is 1. The van der Waals surface area contributed by atoms with Crippen molar-refractivity contribution < 1.29 is 9.53 Å². The molecule has 30 heavy (non-hydrogen) atoms. The number of morpholine rings is 1. The Morgan fingerprint density at radius 1 is 1.10 bits per heavy atom. The van der Waals surface area contributed by atoms with E-state index < -0.39 is 0 Å². The number of thiazole rings is 1. The molecular weight excluding hydrogens is 441 g/mol.